The van der Waals surface area contributed by atoms with E-state index in [1.807, 2.05) is 48.5 Å². The van der Waals surface area contributed by atoms with Crippen molar-refractivity contribution in [3.63, 3.8) is 0 Å². The smallest absolute Gasteiger partial charge is 0.269 e. The molecule has 0 aliphatic rings. The van der Waals surface area contributed by atoms with E-state index < -0.39 is 4.92 Å². The van der Waals surface area contributed by atoms with Crippen LogP contribution in [0.3, 0.4) is 0 Å². The van der Waals surface area contributed by atoms with Gasteiger partial charge in [-0.15, -0.1) is 0 Å². The number of anilines is 1. The highest BCUT2D eigenvalue weighted by molar-refractivity contribution is 9.10. The molecule has 0 unspecified atom stereocenters. The van der Waals surface area contributed by atoms with Gasteiger partial charge in [0.2, 0.25) is 0 Å². The minimum absolute atomic E-state index is 0.0382. The summed E-state index contributed by atoms with van der Waals surface area (Å²) < 4.78 is 6.92. The van der Waals surface area contributed by atoms with Crippen molar-refractivity contribution in [2.45, 2.75) is 6.61 Å². The highest BCUT2D eigenvalue weighted by Crippen LogP contribution is 2.19. The van der Waals surface area contributed by atoms with E-state index in [-0.39, 0.29) is 5.69 Å². The van der Waals surface area contributed by atoms with Crippen molar-refractivity contribution in [3.8, 4) is 5.75 Å². The zero-order valence-corrected chi connectivity index (χ0v) is 15.8. The average Bonchev–Trinajstić information content (AvgIpc) is 2.69. The molecule has 0 saturated carbocycles. The van der Waals surface area contributed by atoms with Crippen LogP contribution in [-0.2, 0) is 6.61 Å². The van der Waals surface area contributed by atoms with Crippen LogP contribution >= 0.6 is 15.9 Å². The number of rotatable bonds is 7. The Balaban J connectivity index is 1.63. The van der Waals surface area contributed by atoms with Gasteiger partial charge in [-0.3, -0.25) is 15.5 Å². The number of nitrogens with zero attached hydrogens (tertiary/aromatic N) is 2. The molecule has 0 amide bonds. The number of nitrogens with one attached hydrogen (secondary N) is 1. The molecule has 0 aliphatic carbocycles. The SMILES string of the molecule is O=[N+]([O-])c1ccc(NN=Cc2ccccc2OCc2ccc(Br)cc2)cc1. The molecule has 0 radical (unpaired) electrons. The van der Waals surface area contributed by atoms with E-state index in [4.69, 9.17) is 4.74 Å². The van der Waals surface area contributed by atoms with Crippen LogP contribution in [0.2, 0.25) is 0 Å². The topological polar surface area (TPSA) is 76.8 Å². The molecule has 0 bridgehead atoms. The summed E-state index contributed by atoms with van der Waals surface area (Å²) in [6, 6.07) is 21.6. The number of ether oxygens (including phenoxy) is 1. The van der Waals surface area contributed by atoms with Gasteiger partial charge in [0, 0.05) is 22.2 Å². The Labute approximate surface area is 164 Å². The summed E-state index contributed by atoms with van der Waals surface area (Å²) in [4.78, 5) is 10.2. The Kier molecular flexibility index (Phi) is 6.17. The van der Waals surface area contributed by atoms with Gasteiger partial charge in [0.15, 0.2) is 0 Å². The van der Waals surface area contributed by atoms with Gasteiger partial charge in [0.05, 0.1) is 16.8 Å². The predicted octanol–water partition coefficient (Wildman–Crippen LogP) is 5.38. The molecule has 7 heteroatoms. The fraction of sp³-hybridized carbons (Fsp3) is 0.0500. The predicted molar refractivity (Wildman–Crippen MR) is 109 cm³/mol. The van der Waals surface area contributed by atoms with Crippen molar-refractivity contribution in [3.05, 3.63) is 98.5 Å². The first kappa shape index (κ1) is 18.6. The minimum Gasteiger partial charge on any atom is -0.488 e. The lowest BCUT2D eigenvalue weighted by molar-refractivity contribution is -0.384. The Bertz CT molecular complexity index is 941. The number of non-ortho nitro benzene ring substituents is 1. The van der Waals surface area contributed by atoms with Crippen molar-refractivity contribution in [1.82, 2.24) is 0 Å². The largest absolute Gasteiger partial charge is 0.488 e. The molecule has 3 rings (SSSR count). The highest BCUT2D eigenvalue weighted by Gasteiger charge is 2.04. The maximum Gasteiger partial charge on any atom is 0.269 e. The summed E-state index contributed by atoms with van der Waals surface area (Å²) in [7, 11) is 0. The second kappa shape index (κ2) is 8.95. The number of hydrogen-bond donors (Lipinski definition) is 1. The van der Waals surface area contributed by atoms with Crippen LogP contribution in [0.5, 0.6) is 5.75 Å². The van der Waals surface area contributed by atoms with Crippen LogP contribution in [0, 0.1) is 10.1 Å². The number of nitro groups is 1. The van der Waals surface area contributed by atoms with Gasteiger partial charge in [0.25, 0.3) is 5.69 Å². The molecule has 0 heterocycles. The molecule has 27 heavy (non-hydrogen) atoms. The molecule has 6 nitrogen and oxygen atoms in total. The lowest BCUT2D eigenvalue weighted by Gasteiger charge is -2.09. The normalized spacial score (nSPS) is 10.7. The summed E-state index contributed by atoms with van der Waals surface area (Å²) in [6.45, 7) is 0.452. The molecular weight excluding hydrogens is 410 g/mol. The van der Waals surface area contributed by atoms with E-state index in [9.17, 15) is 10.1 Å². The third-order valence-corrected chi connectivity index (χ3v) is 4.23. The number of benzene rings is 3. The van der Waals surface area contributed by atoms with Gasteiger partial charge < -0.3 is 4.74 Å². The Morgan fingerprint density at radius 1 is 1.04 bits per heavy atom. The summed E-state index contributed by atoms with van der Waals surface area (Å²) in [5.74, 6) is 0.717. The quantitative estimate of drug-likeness (QED) is 0.313. The first-order valence-electron chi connectivity index (χ1n) is 8.11. The lowest BCUT2D eigenvalue weighted by atomic mass is 10.2. The molecule has 3 aromatic rings. The standard InChI is InChI=1S/C20H16BrN3O3/c21-17-7-5-15(6-8-17)14-27-20-4-2-1-3-16(20)13-22-23-18-9-11-19(12-10-18)24(25)26/h1-13,23H,14H2. The molecule has 0 spiro atoms. The summed E-state index contributed by atoms with van der Waals surface area (Å²) in [5, 5.41) is 14.9. The van der Waals surface area contributed by atoms with E-state index in [2.05, 4.69) is 26.5 Å². The van der Waals surface area contributed by atoms with Crippen LogP contribution in [0.4, 0.5) is 11.4 Å². The molecule has 0 fully saturated rings. The number of para-hydroxylation sites is 1. The fourth-order valence-corrected chi connectivity index (χ4v) is 2.56. The highest BCUT2D eigenvalue weighted by atomic mass is 79.9. The average molecular weight is 426 g/mol. The van der Waals surface area contributed by atoms with Crippen LogP contribution in [0.15, 0.2) is 82.4 Å². The third kappa shape index (κ3) is 5.39. The summed E-state index contributed by atoms with van der Waals surface area (Å²) in [5.41, 5.74) is 5.44. The molecule has 0 aromatic heterocycles. The molecular formula is C20H16BrN3O3. The van der Waals surface area contributed by atoms with Crippen molar-refractivity contribution in [2.75, 3.05) is 5.43 Å². The van der Waals surface area contributed by atoms with Gasteiger partial charge in [-0.25, -0.2) is 0 Å². The van der Waals surface area contributed by atoms with Crippen molar-refractivity contribution >= 4 is 33.5 Å². The molecule has 0 saturated heterocycles. The van der Waals surface area contributed by atoms with E-state index in [0.717, 1.165) is 21.3 Å². The number of halogens is 1. The Morgan fingerprint density at radius 3 is 2.44 bits per heavy atom. The van der Waals surface area contributed by atoms with Crippen LogP contribution < -0.4 is 10.2 Å². The van der Waals surface area contributed by atoms with Gasteiger partial charge in [-0.2, -0.15) is 5.10 Å². The van der Waals surface area contributed by atoms with Gasteiger partial charge in [-0.1, -0.05) is 40.2 Å². The Morgan fingerprint density at radius 2 is 1.74 bits per heavy atom. The van der Waals surface area contributed by atoms with Gasteiger partial charge in [-0.05, 0) is 42.0 Å². The molecule has 1 N–H and O–H groups in total. The van der Waals surface area contributed by atoms with E-state index in [1.165, 1.54) is 12.1 Å². The summed E-state index contributed by atoms with van der Waals surface area (Å²) in [6.07, 6.45) is 1.65. The minimum atomic E-state index is -0.438. The first-order valence-corrected chi connectivity index (χ1v) is 8.91. The van der Waals surface area contributed by atoms with E-state index in [1.54, 1.807) is 18.3 Å². The maximum atomic E-state index is 10.7. The molecule has 3 aromatic carbocycles. The third-order valence-electron chi connectivity index (χ3n) is 3.70. The molecule has 136 valence electrons. The van der Waals surface area contributed by atoms with Crippen LogP contribution in [0.25, 0.3) is 0 Å². The zero-order valence-electron chi connectivity index (χ0n) is 14.2. The first-order chi connectivity index (χ1) is 13.1. The van der Waals surface area contributed by atoms with Crippen LogP contribution in [0.1, 0.15) is 11.1 Å². The number of hydrogen-bond acceptors (Lipinski definition) is 5. The fourth-order valence-electron chi connectivity index (χ4n) is 2.29. The second-order valence-electron chi connectivity index (χ2n) is 5.63. The molecule has 0 aliphatic heterocycles. The van der Waals surface area contributed by atoms with E-state index in [0.29, 0.717) is 12.3 Å². The maximum absolute atomic E-state index is 10.7. The number of hydrazone groups is 1. The van der Waals surface area contributed by atoms with Crippen molar-refractivity contribution in [2.24, 2.45) is 5.10 Å². The number of nitro benzene ring substituents is 1. The second-order valence-corrected chi connectivity index (χ2v) is 6.54. The van der Waals surface area contributed by atoms with Crippen molar-refractivity contribution in [1.29, 1.82) is 0 Å². The van der Waals surface area contributed by atoms with Crippen molar-refractivity contribution < 1.29 is 9.66 Å². The van der Waals surface area contributed by atoms with E-state index >= 15 is 0 Å². The summed E-state index contributed by atoms with van der Waals surface area (Å²) >= 11 is 3.41. The zero-order chi connectivity index (χ0) is 19.1. The van der Waals surface area contributed by atoms with Gasteiger partial charge in [0.1, 0.15) is 12.4 Å². The Hall–Kier alpha value is -3.19. The lowest BCUT2D eigenvalue weighted by Crippen LogP contribution is -1.99. The van der Waals surface area contributed by atoms with Crippen LogP contribution in [-0.4, -0.2) is 11.1 Å². The molecule has 0 atom stereocenters. The van der Waals surface area contributed by atoms with Gasteiger partial charge >= 0.3 is 0 Å². The monoisotopic (exact) mass is 425 g/mol.